The first-order valence-corrected chi connectivity index (χ1v) is 11.7. The summed E-state index contributed by atoms with van der Waals surface area (Å²) in [5, 5.41) is 12.9. The van der Waals surface area contributed by atoms with Crippen LogP contribution < -0.4 is 5.32 Å². The Morgan fingerprint density at radius 3 is 2.62 bits per heavy atom. The molecular weight excluding hydrogens is 480 g/mol. The highest BCUT2D eigenvalue weighted by molar-refractivity contribution is 5.95. The van der Waals surface area contributed by atoms with Crippen molar-refractivity contribution >= 4 is 22.7 Å². The van der Waals surface area contributed by atoms with E-state index in [2.05, 4.69) is 21.4 Å². The number of rotatable bonds is 5. The Hall–Kier alpha value is -4.36. The van der Waals surface area contributed by atoms with Crippen LogP contribution in [0.1, 0.15) is 28.8 Å². The third-order valence-corrected chi connectivity index (χ3v) is 6.23. The first-order valence-electron chi connectivity index (χ1n) is 11.7. The smallest absolute Gasteiger partial charge is 0.255 e. The summed E-state index contributed by atoms with van der Waals surface area (Å²) in [6.07, 6.45) is 4.25. The molecule has 10 heteroatoms. The van der Waals surface area contributed by atoms with Crippen molar-refractivity contribution in [1.29, 1.82) is 5.26 Å². The van der Waals surface area contributed by atoms with Crippen molar-refractivity contribution < 1.29 is 22.7 Å². The zero-order valence-electron chi connectivity index (χ0n) is 20.2. The molecule has 3 aromatic heterocycles. The molecule has 0 bridgehead atoms. The number of nitrogens with zero attached hydrogens (tertiary/aromatic N) is 4. The first kappa shape index (κ1) is 24.3. The van der Waals surface area contributed by atoms with Crippen molar-refractivity contribution in [2.45, 2.75) is 18.9 Å². The molecule has 0 radical (unpaired) electrons. The van der Waals surface area contributed by atoms with Gasteiger partial charge in [0, 0.05) is 57.4 Å². The van der Waals surface area contributed by atoms with E-state index >= 15 is 4.39 Å². The van der Waals surface area contributed by atoms with Crippen LogP contribution in [0.15, 0.2) is 47.1 Å². The van der Waals surface area contributed by atoms with Gasteiger partial charge in [0.2, 0.25) is 0 Å². The molecule has 1 aliphatic rings. The van der Waals surface area contributed by atoms with E-state index in [1.807, 2.05) is 0 Å². The number of furan rings is 1. The molecular formula is C27H23F2N5O3. The van der Waals surface area contributed by atoms with Gasteiger partial charge in [-0.15, -0.1) is 0 Å². The van der Waals surface area contributed by atoms with E-state index < -0.39 is 11.6 Å². The third kappa shape index (κ3) is 4.73. The van der Waals surface area contributed by atoms with Gasteiger partial charge in [0.05, 0.1) is 16.8 Å². The number of amides is 1. The second-order valence-electron chi connectivity index (χ2n) is 8.96. The highest BCUT2D eigenvalue weighted by atomic mass is 19.1. The molecule has 37 heavy (non-hydrogen) atoms. The van der Waals surface area contributed by atoms with Crippen LogP contribution in [-0.4, -0.2) is 54.1 Å². The zero-order chi connectivity index (χ0) is 26.1. The largest absolute Gasteiger partial charge is 0.452 e. The Kier molecular flexibility index (Phi) is 6.54. The average molecular weight is 504 g/mol. The van der Waals surface area contributed by atoms with Crippen molar-refractivity contribution in [3.05, 3.63) is 65.5 Å². The lowest BCUT2D eigenvalue weighted by Crippen LogP contribution is -2.28. The maximum absolute atomic E-state index is 15.2. The monoisotopic (exact) mass is 503 g/mol. The van der Waals surface area contributed by atoms with E-state index in [4.69, 9.17) is 9.15 Å². The SMILES string of the molecule is CN(C)C(=O)c1cnc(-c2cc3nccc(-c4cc(F)c(NC5CCOCC5)c(C#N)c4)c3o2)c(F)c1. The van der Waals surface area contributed by atoms with Crippen LogP contribution >= 0.6 is 0 Å². The lowest BCUT2D eigenvalue weighted by atomic mass is 10.0. The van der Waals surface area contributed by atoms with Gasteiger partial charge in [-0.25, -0.2) is 13.8 Å². The van der Waals surface area contributed by atoms with Crippen LogP contribution in [0.25, 0.3) is 33.7 Å². The standard InChI is InChI=1S/C27H23F2N5O3/c1-34(2)27(35)17-11-21(29)25(32-14-17)23-12-22-26(37-23)19(3-6-31-22)15-9-16(13-30)24(20(28)10-15)33-18-4-7-36-8-5-18/h3,6,9-12,14,18,33H,4-5,7-8H2,1-2H3. The van der Waals surface area contributed by atoms with Crippen molar-refractivity contribution in [1.82, 2.24) is 14.9 Å². The second kappa shape index (κ2) is 9.95. The Labute approximate surface area is 211 Å². The number of aromatic nitrogens is 2. The lowest BCUT2D eigenvalue weighted by molar-refractivity contribution is 0.0826. The molecule has 5 rings (SSSR count). The number of carbonyl (C=O) groups excluding carboxylic acids is 1. The number of ether oxygens (including phenoxy) is 1. The number of nitriles is 1. The van der Waals surface area contributed by atoms with Gasteiger partial charge in [-0.1, -0.05) is 0 Å². The number of halogens is 2. The van der Waals surface area contributed by atoms with Crippen molar-refractivity contribution in [3.63, 3.8) is 0 Å². The summed E-state index contributed by atoms with van der Waals surface area (Å²) in [5.74, 6) is -1.56. The van der Waals surface area contributed by atoms with Crippen molar-refractivity contribution in [2.75, 3.05) is 32.6 Å². The van der Waals surface area contributed by atoms with E-state index in [1.165, 1.54) is 29.4 Å². The summed E-state index contributed by atoms with van der Waals surface area (Å²) < 4.78 is 41.4. The number of fused-ring (bicyclic) bond motifs is 1. The third-order valence-electron chi connectivity index (χ3n) is 6.23. The minimum atomic E-state index is -0.727. The fourth-order valence-corrected chi connectivity index (χ4v) is 4.32. The predicted molar refractivity (Wildman–Crippen MR) is 133 cm³/mol. The molecule has 1 aromatic carbocycles. The summed E-state index contributed by atoms with van der Waals surface area (Å²) in [6.45, 7) is 1.17. The Balaban J connectivity index is 1.53. The molecule has 0 saturated carbocycles. The predicted octanol–water partition coefficient (Wildman–Crippen LogP) is 5.00. The van der Waals surface area contributed by atoms with Gasteiger partial charge in [0.1, 0.15) is 23.1 Å². The minimum Gasteiger partial charge on any atom is -0.452 e. The lowest BCUT2D eigenvalue weighted by Gasteiger charge is -2.25. The second-order valence-corrected chi connectivity index (χ2v) is 8.96. The fourth-order valence-electron chi connectivity index (χ4n) is 4.32. The number of hydrogen-bond donors (Lipinski definition) is 1. The number of nitrogens with one attached hydrogen (secondary N) is 1. The molecule has 0 atom stereocenters. The van der Waals surface area contributed by atoms with Gasteiger partial charge >= 0.3 is 0 Å². The van der Waals surface area contributed by atoms with Crippen LogP contribution in [-0.2, 0) is 4.74 Å². The fraction of sp³-hybridized carbons (Fsp3) is 0.259. The molecule has 4 heterocycles. The topological polar surface area (TPSA) is 104 Å². The minimum absolute atomic E-state index is 0.0169. The van der Waals surface area contributed by atoms with E-state index in [-0.39, 0.29) is 40.2 Å². The molecule has 1 amide bonds. The van der Waals surface area contributed by atoms with Gasteiger partial charge in [-0.3, -0.25) is 9.78 Å². The van der Waals surface area contributed by atoms with Crippen LogP contribution in [0, 0.1) is 23.0 Å². The quantitative estimate of drug-likeness (QED) is 0.409. The van der Waals surface area contributed by atoms with Crippen LogP contribution in [0.2, 0.25) is 0 Å². The Morgan fingerprint density at radius 1 is 1.14 bits per heavy atom. The number of benzene rings is 1. The van der Waals surface area contributed by atoms with E-state index in [1.54, 1.807) is 26.2 Å². The maximum Gasteiger partial charge on any atom is 0.255 e. The summed E-state index contributed by atoms with van der Waals surface area (Å²) >= 11 is 0. The van der Waals surface area contributed by atoms with Gasteiger partial charge < -0.3 is 19.4 Å². The Morgan fingerprint density at radius 2 is 1.92 bits per heavy atom. The maximum atomic E-state index is 15.2. The number of pyridine rings is 2. The number of carbonyl (C=O) groups is 1. The molecule has 0 spiro atoms. The van der Waals surface area contributed by atoms with Crippen LogP contribution in [0.5, 0.6) is 0 Å². The van der Waals surface area contributed by atoms with Crippen LogP contribution in [0.3, 0.4) is 0 Å². The average Bonchev–Trinajstić information content (AvgIpc) is 3.34. The highest BCUT2D eigenvalue weighted by Gasteiger charge is 2.22. The van der Waals surface area contributed by atoms with Gasteiger partial charge in [-0.05, 0) is 42.7 Å². The van der Waals surface area contributed by atoms with Crippen LogP contribution in [0.4, 0.5) is 14.5 Å². The Bertz CT molecular complexity index is 1540. The highest BCUT2D eigenvalue weighted by Crippen LogP contribution is 2.36. The molecule has 0 aliphatic carbocycles. The first-order chi connectivity index (χ1) is 17.9. The van der Waals surface area contributed by atoms with Gasteiger partial charge in [0.15, 0.2) is 17.2 Å². The molecule has 0 unspecified atom stereocenters. The summed E-state index contributed by atoms with van der Waals surface area (Å²) in [7, 11) is 3.13. The number of hydrogen-bond acceptors (Lipinski definition) is 7. The number of anilines is 1. The van der Waals surface area contributed by atoms with Crippen molar-refractivity contribution in [2.24, 2.45) is 0 Å². The molecule has 188 valence electrons. The van der Waals surface area contributed by atoms with E-state index in [0.29, 0.717) is 35.4 Å². The molecule has 8 nitrogen and oxygen atoms in total. The molecule has 1 N–H and O–H groups in total. The summed E-state index contributed by atoms with van der Waals surface area (Å²) in [6, 6.07) is 9.28. The summed E-state index contributed by atoms with van der Waals surface area (Å²) in [4.78, 5) is 21.8. The van der Waals surface area contributed by atoms with Crippen molar-refractivity contribution in [3.8, 4) is 28.7 Å². The molecule has 1 aliphatic heterocycles. The van der Waals surface area contributed by atoms with Gasteiger partial charge in [0.25, 0.3) is 5.91 Å². The normalized spacial score (nSPS) is 13.9. The van der Waals surface area contributed by atoms with E-state index in [0.717, 1.165) is 18.9 Å². The molecule has 4 aromatic rings. The zero-order valence-corrected chi connectivity index (χ0v) is 20.2. The van der Waals surface area contributed by atoms with E-state index in [9.17, 15) is 14.4 Å². The summed E-state index contributed by atoms with van der Waals surface area (Å²) in [5.41, 5.74) is 1.94. The molecule has 1 fully saturated rings. The van der Waals surface area contributed by atoms with Gasteiger partial charge in [-0.2, -0.15) is 5.26 Å². The molecule has 1 saturated heterocycles.